The van der Waals surface area contributed by atoms with Crippen LogP contribution < -0.4 is 20.7 Å². The maximum atomic E-state index is 11.1. The number of amides is 1. The van der Waals surface area contributed by atoms with Crippen molar-refractivity contribution in [3.8, 4) is 5.75 Å². The first kappa shape index (κ1) is 25.4. The van der Waals surface area contributed by atoms with Crippen molar-refractivity contribution in [2.24, 2.45) is 4.99 Å². The molecular formula is C20H34IN5O3. The van der Waals surface area contributed by atoms with Crippen molar-refractivity contribution >= 4 is 41.5 Å². The van der Waals surface area contributed by atoms with Crippen molar-refractivity contribution in [2.45, 2.75) is 26.8 Å². The highest BCUT2D eigenvalue weighted by Gasteiger charge is 2.16. The standard InChI is InChI=1S/C20H33N5O3.HI/c1-4-21-20(23-15-16(2)25-9-12-27-13-10-25)22-8-11-28-19-7-5-6-18(14-19)24-17(3)26;/h5-7,14,16H,4,8-13,15H2,1-3H3,(H,24,26)(H2,21,22,23);1H. The average Bonchev–Trinajstić information content (AvgIpc) is 2.69. The molecule has 1 saturated heterocycles. The van der Waals surface area contributed by atoms with E-state index >= 15 is 0 Å². The zero-order valence-electron chi connectivity index (χ0n) is 17.6. The van der Waals surface area contributed by atoms with Crippen molar-refractivity contribution in [1.82, 2.24) is 15.5 Å². The first-order valence-corrected chi connectivity index (χ1v) is 9.93. The van der Waals surface area contributed by atoms with Gasteiger partial charge in [-0.3, -0.25) is 14.7 Å². The average molecular weight is 519 g/mol. The fourth-order valence-corrected chi connectivity index (χ4v) is 2.90. The molecule has 8 nitrogen and oxygen atoms in total. The summed E-state index contributed by atoms with van der Waals surface area (Å²) in [7, 11) is 0. The number of ether oxygens (including phenoxy) is 2. The molecule has 1 aliphatic rings. The highest BCUT2D eigenvalue weighted by atomic mass is 127. The van der Waals surface area contributed by atoms with Gasteiger partial charge in [0, 0.05) is 44.4 Å². The maximum Gasteiger partial charge on any atom is 0.221 e. The molecule has 0 bridgehead atoms. The predicted octanol–water partition coefficient (Wildman–Crippen LogP) is 1.92. The molecule has 1 aromatic rings. The van der Waals surface area contributed by atoms with Crippen LogP contribution in [-0.4, -0.2) is 75.4 Å². The molecule has 1 amide bonds. The van der Waals surface area contributed by atoms with Gasteiger partial charge in [0.2, 0.25) is 5.91 Å². The van der Waals surface area contributed by atoms with Crippen LogP contribution in [0, 0.1) is 0 Å². The Morgan fingerprint density at radius 3 is 2.76 bits per heavy atom. The number of morpholine rings is 1. The van der Waals surface area contributed by atoms with E-state index in [4.69, 9.17) is 9.47 Å². The van der Waals surface area contributed by atoms with Crippen molar-refractivity contribution in [1.29, 1.82) is 0 Å². The molecular weight excluding hydrogens is 485 g/mol. The van der Waals surface area contributed by atoms with Gasteiger partial charge in [-0.2, -0.15) is 0 Å². The van der Waals surface area contributed by atoms with Crippen LogP contribution in [0.3, 0.4) is 0 Å². The number of hydrogen-bond acceptors (Lipinski definition) is 5. The van der Waals surface area contributed by atoms with E-state index in [2.05, 4.69) is 32.8 Å². The van der Waals surface area contributed by atoms with E-state index < -0.39 is 0 Å². The molecule has 0 saturated carbocycles. The molecule has 0 aliphatic carbocycles. The second kappa shape index (κ2) is 14.4. The first-order chi connectivity index (χ1) is 13.6. The van der Waals surface area contributed by atoms with Gasteiger partial charge >= 0.3 is 0 Å². The molecule has 0 aromatic heterocycles. The Labute approximate surface area is 190 Å². The second-order valence-electron chi connectivity index (χ2n) is 6.70. The van der Waals surface area contributed by atoms with E-state index in [0.29, 0.717) is 19.2 Å². The molecule has 2 rings (SSSR count). The van der Waals surface area contributed by atoms with E-state index in [-0.39, 0.29) is 29.9 Å². The van der Waals surface area contributed by atoms with E-state index in [1.165, 1.54) is 6.92 Å². The Balaban J connectivity index is 0.00000420. The van der Waals surface area contributed by atoms with Crippen LogP contribution in [0.4, 0.5) is 5.69 Å². The number of nitrogens with zero attached hydrogens (tertiary/aromatic N) is 2. The fourth-order valence-electron chi connectivity index (χ4n) is 2.90. The monoisotopic (exact) mass is 519 g/mol. The van der Waals surface area contributed by atoms with Crippen molar-refractivity contribution in [3.05, 3.63) is 24.3 Å². The Morgan fingerprint density at radius 1 is 1.31 bits per heavy atom. The van der Waals surface area contributed by atoms with Crippen LogP contribution in [0.5, 0.6) is 5.75 Å². The zero-order chi connectivity index (χ0) is 20.2. The molecule has 3 N–H and O–H groups in total. The summed E-state index contributed by atoms with van der Waals surface area (Å²) in [4.78, 5) is 18.2. The minimum atomic E-state index is -0.100. The zero-order valence-corrected chi connectivity index (χ0v) is 19.9. The van der Waals surface area contributed by atoms with Gasteiger partial charge in [0.25, 0.3) is 0 Å². The summed E-state index contributed by atoms with van der Waals surface area (Å²) in [6.45, 7) is 11.9. The molecule has 1 atom stereocenters. The van der Waals surface area contributed by atoms with Crippen LogP contribution in [0.25, 0.3) is 0 Å². The smallest absolute Gasteiger partial charge is 0.221 e. The largest absolute Gasteiger partial charge is 0.492 e. The molecule has 0 spiro atoms. The Bertz CT molecular complexity index is 638. The van der Waals surface area contributed by atoms with E-state index in [1.54, 1.807) is 0 Å². The number of nitrogens with one attached hydrogen (secondary N) is 3. The third-order valence-electron chi connectivity index (χ3n) is 4.34. The summed E-state index contributed by atoms with van der Waals surface area (Å²) in [5.74, 6) is 1.41. The van der Waals surface area contributed by atoms with Crippen LogP contribution in [0.2, 0.25) is 0 Å². The third kappa shape index (κ3) is 10.1. The molecule has 29 heavy (non-hydrogen) atoms. The number of aliphatic imine (C=N–C) groups is 1. The van der Waals surface area contributed by atoms with Gasteiger partial charge in [-0.15, -0.1) is 24.0 Å². The number of carbonyl (C=O) groups is 1. The number of anilines is 1. The number of guanidine groups is 1. The summed E-state index contributed by atoms with van der Waals surface area (Å²) < 4.78 is 11.2. The van der Waals surface area contributed by atoms with Crippen molar-refractivity contribution in [2.75, 3.05) is 57.9 Å². The molecule has 164 valence electrons. The van der Waals surface area contributed by atoms with Gasteiger partial charge in [0.1, 0.15) is 12.4 Å². The lowest BCUT2D eigenvalue weighted by Gasteiger charge is -2.31. The van der Waals surface area contributed by atoms with Gasteiger partial charge in [-0.25, -0.2) is 0 Å². The lowest BCUT2D eigenvalue weighted by molar-refractivity contribution is -0.114. The van der Waals surface area contributed by atoms with Crippen LogP contribution in [0.1, 0.15) is 20.8 Å². The van der Waals surface area contributed by atoms with Gasteiger partial charge in [0.15, 0.2) is 5.96 Å². The van der Waals surface area contributed by atoms with E-state index in [9.17, 15) is 4.79 Å². The Kier molecular flexibility index (Phi) is 12.6. The third-order valence-corrected chi connectivity index (χ3v) is 4.34. The van der Waals surface area contributed by atoms with Crippen LogP contribution in [-0.2, 0) is 9.53 Å². The number of carbonyl (C=O) groups excluding carboxylic acids is 1. The fraction of sp³-hybridized carbons (Fsp3) is 0.600. The van der Waals surface area contributed by atoms with Crippen molar-refractivity contribution in [3.63, 3.8) is 0 Å². The number of halogens is 1. The first-order valence-electron chi connectivity index (χ1n) is 9.93. The highest BCUT2D eigenvalue weighted by molar-refractivity contribution is 14.0. The SMILES string of the molecule is CCNC(=NCC(C)N1CCOCC1)NCCOc1cccc(NC(C)=O)c1.I. The van der Waals surface area contributed by atoms with Gasteiger partial charge in [-0.05, 0) is 26.0 Å². The number of benzene rings is 1. The summed E-state index contributed by atoms with van der Waals surface area (Å²) in [6.07, 6.45) is 0. The quantitative estimate of drug-likeness (QED) is 0.200. The highest BCUT2D eigenvalue weighted by Crippen LogP contribution is 2.17. The molecule has 1 aromatic carbocycles. The number of hydrogen-bond donors (Lipinski definition) is 3. The van der Waals surface area contributed by atoms with E-state index in [0.717, 1.165) is 56.8 Å². The van der Waals surface area contributed by atoms with Crippen LogP contribution >= 0.6 is 24.0 Å². The topological polar surface area (TPSA) is 87.2 Å². The van der Waals surface area contributed by atoms with Gasteiger partial charge in [-0.1, -0.05) is 6.07 Å². The number of rotatable bonds is 9. The lowest BCUT2D eigenvalue weighted by Crippen LogP contribution is -2.44. The Morgan fingerprint density at radius 2 is 2.07 bits per heavy atom. The normalized spacial score (nSPS) is 15.8. The second-order valence-corrected chi connectivity index (χ2v) is 6.70. The molecule has 1 fully saturated rings. The van der Waals surface area contributed by atoms with Crippen molar-refractivity contribution < 1.29 is 14.3 Å². The minimum absolute atomic E-state index is 0. The lowest BCUT2D eigenvalue weighted by atomic mass is 10.2. The Hall–Kier alpha value is -1.59. The molecule has 1 aliphatic heterocycles. The summed E-state index contributed by atoms with van der Waals surface area (Å²) in [6, 6.07) is 7.75. The molecule has 1 heterocycles. The molecule has 1 unspecified atom stereocenters. The summed E-state index contributed by atoms with van der Waals surface area (Å²) >= 11 is 0. The van der Waals surface area contributed by atoms with Gasteiger partial charge < -0.3 is 25.4 Å². The minimum Gasteiger partial charge on any atom is -0.492 e. The van der Waals surface area contributed by atoms with Crippen LogP contribution in [0.15, 0.2) is 29.3 Å². The molecule has 9 heteroatoms. The molecule has 0 radical (unpaired) electrons. The van der Waals surface area contributed by atoms with E-state index in [1.807, 2.05) is 31.2 Å². The predicted molar refractivity (Wildman–Crippen MR) is 127 cm³/mol. The van der Waals surface area contributed by atoms with Gasteiger partial charge in [0.05, 0.1) is 26.3 Å². The summed E-state index contributed by atoms with van der Waals surface area (Å²) in [5, 5.41) is 9.31. The summed E-state index contributed by atoms with van der Waals surface area (Å²) in [5.41, 5.74) is 0.727. The maximum absolute atomic E-state index is 11.1.